The molecular formula is C13H23N3O3. The Labute approximate surface area is 114 Å². The van der Waals surface area contributed by atoms with Gasteiger partial charge in [0.05, 0.1) is 13.2 Å². The van der Waals surface area contributed by atoms with Crippen LogP contribution in [0.2, 0.25) is 0 Å². The van der Waals surface area contributed by atoms with Gasteiger partial charge in [0.1, 0.15) is 6.10 Å². The highest BCUT2D eigenvalue weighted by atomic mass is 16.5. The number of carbonyl (C=O) groups is 2. The van der Waals surface area contributed by atoms with Crippen LogP contribution in [0.3, 0.4) is 0 Å². The standard InChI is InChI=1S/C13H23N3O3/c1-14(2)13(18)11-9-15(7-8-19-11)10-12(17)16-5-3-4-6-16/h11H,3-10H2,1-2H3. The predicted molar refractivity (Wildman–Crippen MR) is 70.7 cm³/mol. The van der Waals surface area contributed by atoms with Crippen molar-refractivity contribution in [1.29, 1.82) is 0 Å². The molecule has 19 heavy (non-hydrogen) atoms. The first kappa shape index (κ1) is 14.3. The predicted octanol–water partition coefficient (Wildman–Crippen LogP) is -0.602. The van der Waals surface area contributed by atoms with E-state index in [2.05, 4.69) is 0 Å². The molecule has 0 bridgehead atoms. The van der Waals surface area contributed by atoms with Crippen molar-refractivity contribution in [3.8, 4) is 0 Å². The Bertz CT molecular complexity index is 340. The molecule has 0 radical (unpaired) electrons. The third-order valence-electron chi connectivity index (χ3n) is 3.68. The molecule has 2 aliphatic heterocycles. The van der Waals surface area contributed by atoms with Crippen molar-refractivity contribution in [1.82, 2.24) is 14.7 Å². The van der Waals surface area contributed by atoms with Gasteiger partial charge in [-0.3, -0.25) is 14.5 Å². The van der Waals surface area contributed by atoms with Gasteiger partial charge in [-0.2, -0.15) is 0 Å². The minimum absolute atomic E-state index is 0.0293. The SMILES string of the molecule is CN(C)C(=O)C1CN(CC(=O)N2CCCC2)CCO1. The molecule has 0 saturated carbocycles. The van der Waals surface area contributed by atoms with Crippen LogP contribution in [0.15, 0.2) is 0 Å². The number of hydrogen-bond acceptors (Lipinski definition) is 4. The molecule has 0 N–H and O–H groups in total. The van der Waals surface area contributed by atoms with Crippen LogP contribution in [-0.4, -0.2) is 86.0 Å². The topological polar surface area (TPSA) is 53.1 Å². The van der Waals surface area contributed by atoms with Gasteiger partial charge in [-0.25, -0.2) is 0 Å². The summed E-state index contributed by atoms with van der Waals surface area (Å²) in [4.78, 5) is 29.4. The fourth-order valence-corrected chi connectivity index (χ4v) is 2.54. The summed E-state index contributed by atoms with van der Waals surface area (Å²) in [7, 11) is 3.44. The van der Waals surface area contributed by atoms with Crippen LogP contribution in [0.4, 0.5) is 0 Å². The van der Waals surface area contributed by atoms with Crippen molar-refractivity contribution in [2.45, 2.75) is 18.9 Å². The fourth-order valence-electron chi connectivity index (χ4n) is 2.54. The first-order valence-corrected chi connectivity index (χ1v) is 6.91. The Morgan fingerprint density at radius 2 is 1.89 bits per heavy atom. The summed E-state index contributed by atoms with van der Waals surface area (Å²) in [5.41, 5.74) is 0. The van der Waals surface area contributed by atoms with Crippen LogP contribution in [-0.2, 0) is 14.3 Å². The summed E-state index contributed by atoms with van der Waals surface area (Å²) in [6.45, 7) is 3.90. The molecule has 2 amide bonds. The zero-order valence-electron chi connectivity index (χ0n) is 11.8. The van der Waals surface area contributed by atoms with E-state index in [1.807, 2.05) is 9.80 Å². The molecule has 6 nitrogen and oxygen atoms in total. The number of ether oxygens (including phenoxy) is 1. The number of morpholine rings is 1. The van der Waals surface area contributed by atoms with Gasteiger partial charge >= 0.3 is 0 Å². The fraction of sp³-hybridized carbons (Fsp3) is 0.846. The van der Waals surface area contributed by atoms with Gasteiger partial charge in [-0.15, -0.1) is 0 Å². The summed E-state index contributed by atoms with van der Waals surface area (Å²) < 4.78 is 5.48. The maximum atomic E-state index is 12.1. The molecule has 0 aliphatic carbocycles. The molecule has 0 aromatic carbocycles. The van der Waals surface area contributed by atoms with Crippen LogP contribution in [0.1, 0.15) is 12.8 Å². The normalized spacial score (nSPS) is 24.5. The third-order valence-corrected chi connectivity index (χ3v) is 3.68. The Balaban J connectivity index is 1.83. The lowest BCUT2D eigenvalue weighted by atomic mass is 10.2. The van der Waals surface area contributed by atoms with Crippen molar-refractivity contribution in [3.63, 3.8) is 0 Å². The highest BCUT2D eigenvalue weighted by Gasteiger charge is 2.29. The van der Waals surface area contributed by atoms with Crippen molar-refractivity contribution in [2.24, 2.45) is 0 Å². The Morgan fingerprint density at radius 1 is 1.21 bits per heavy atom. The average Bonchev–Trinajstić information content (AvgIpc) is 2.92. The van der Waals surface area contributed by atoms with E-state index in [0.717, 1.165) is 32.5 Å². The van der Waals surface area contributed by atoms with Gasteiger partial charge in [0.15, 0.2) is 0 Å². The van der Waals surface area contributed by atoms with Crippen LogP contribution in [0.25, 0.3) is 0 Å². The average molecular weight is 269 g/mol. The van der Waals surface area contributed by atoms with E-state index < -0.39 is 6.10 Å². The molecule has 2 aliphatic rings. The second-order valence-corrected chi connectivity index (χ2v) is 5.42. The van der Waals surface area contributed by atoms with E-state index in [-0.39, 0.29) is 11.8 Å². The van der Waals surface area contributed by atoms with Crippen LogP contribution in [0, 0.1) is 0 Å². The summed E-state index contributed by atoms with van der Waals surface area (Å²) in [6, 6.07) is 0. The minimum Gasteiger partial charge on any atom is -0.366 e. The first-order valence-electron chi connectivity index (χ1n) is 6.91. The molecule has 1 unspecified atom stereocenters. The number of hydrogen-bond donors (Lipinski definition) is 0. The van der Waals surface area contributed by atoms with Gasteiger partial charge < -0.3 is 14.5 Å². The Kier molecular flexibility index (Phi) is 4.76. The summed E-state index contributed by atoms with van der Waals surface area (Å²) in [6.07, 6.45) is 1.78. The smallest absolute Gasteiger partial charge is 0.252 e. The van der Waals surface area contributed by atoms with Gasteiger partial charge in [0.25, 0.3) is 5.91 Å². The number of likely N-dealkylation sites (tertiary alicyclic amines) is 1. The summed E-state index contributed by atoms with van der Waals surface area (Å²) in [5, 5.41) is 0. The zero-order chi connectivity index (χ0) is 13.8. The second-order valence-electron chi connectivity index (χ2n) is 5.42. The third kappa shape index (κ3) is 3.67. The number of nitrogens with zero attached hydrogens (tertiary/aromatic N) is 3. The monoisotopic (exact) mass is 269 g/mol. The number of amides is 2. The van der Waals surface area contributed by atoms with Crippen molar-refractivity contribution < 1.29 is 14.3 Å². The minimum atomic E-state index is -0.435. The van der Waals surface area contributed by atoms with Crippen molar-refractivity contribution in [3.05, 3.63) is 0 Å². The highest BCUT2D eigenvalue weighted by Crippen LogP contribution is 2.11. The lowest BCUT2D eigenvalue weighted by Gasteiger charge is -2.33. The van der Waals surface area contributed by atoms with Crippen LogP contribution in [0.5, 0.6) is 0 Å². The van der Waals surface area contributed by atoms with E-state index >= 15 is 0 Å². The molecule has 0 aromatic rings. The summed E-state index contributed by atoms with van der Waals surface area (Å²) in [5.74, 6) is 0.147. The van der Waals surface area contributed by atoms with Gasteiger partial charge in [-0.1, -0.05) is 0 Å². The lowest BCUT2D eigenvalue weighted by molar-refractivity contribution is -0.149. The molecule has 0 spiro atoms. The van der Waals surface area contributed by atoms with Gasteiger partial charge in [0.2, 0.25) is 5.91 Å². The molecule has 2 rings (SSSR count). The van der Waals surface area contributed by atoms with Crippen molar-refractivity contribution in [2.75, 3.05) is 53.4 Å². The van der Waals surface area contributed by atoms with Gasteiger partial charge in [0, 0.05) is 40.3 Å². The molecule has 6 heteroatoms. The van der Waals surface area contributed by atoms with E-state index in [1.54, 1.807) is 14.1 Å². The molecule has 2 heterocycles. The molecule has 2 fully saturated rings. The Hall–Kier alpha value is -1.14. The second kappa shape index (κ2) is 6.34. The van der Waals surface area contributed by atoms with E-state index in [1.165, 1.54) is 4.90 Å². The number of rotatable bonds is 3. The largest absolute Gasteiger partial charge is 0.366 e. The quantitative estimate of drug-likeness (QED) is 0.686. The zero-order valence-corrected chi connectivity index (χ0v) is 11.8. The maximum absolute atomic E-state index is 12.1. The number of carbonyl (C=O) groups excluding carboxylic acids is 2. The van der Waals surface area contributed by atoms with Crippen LogP contribution >= 0.6 is 0 Å². The van der Waals surface area contributed by atoms with E-state index in [9.17, 15) is 9.59 Å². The molecule has 0 aromatic heterocycles. The molecule has 1 atom stereocenters. The van der Waals surface area contributed by atoms with Gasteiger partial charge in [-0.05, 0) is 12.8 Å². The number of likely N-dealkylation sites (N-methyl/N-ethyl adjacent to an activating group) is 1. The molecular weight excluding hydrogens is 246 g/mol. The lowest BCUT2D eigenvalue weighted by Crippen LogP contribution is -2.52. The van der Waals surface area contributed by atoms with Crippen LogP contribution < -0.4 is 0 Å². The molecule has 108 valence electrons. The van der Waals surface area contributed by atoms with Crippen molar-refractivity contribution >= 4 is 11.8 Å². The first-order chi connectivity index (χ1) is 9.08. The van der Waals surface area contributed by atoms with E-state index in [0.29, 0.717) is 19.7 Å². The molecule has 2 saturated heterocycles. The highest BCUT2D eigenvalue weighted by molar-refractivity contribution is 5.81. The Morgan fingerprint density at radius 3 is 2.53 bits per heavy atom. The maximum Gasteiger partial charge on any atom is 0.252 e. The van der Waals surface area contributed by atoms with E-state index in [4.69, 9.17) is 4.74 Å². The summed E-state index contributed by atoms with van der Waals surface area (Å²) >= 11 is 0.